The second kappa shape index (κ2) is 11.0. The van der Waals surface area contributed by atoms with Crippen LogP contribution in [0.1, 0.15) is 31.0 Å². The Morgan fingerprint density at radius 3 is 2.50 bits per heavy atom. The fraction of sp³-hybridized carbons (Fsp3) is 0.269. The Hall–Kier alpha value is -3.56. The minimum atomic E-state index is -0.771. The van der Waals surface area contributed by atoms with Crippen LogP contribution in [-0.4, -0.2) is 38.0 Å². The number of benzene rings is 2. The molecule has 2 aromatic carbocycles. The van der Waals surface area contributed by atoms with Gasteiger partial charge in [-0.1, -0.05) is 29.0 Å². The van der Waals surface area contributed by atoms with E-state index in [4.69, 9.17) is 30.5 Å². The van der Waals surface area contributed by atoms with Gasteiger partial charge in [0.05, 0.1) is 43.6 Å². The van der Waals surface area contributed by atoms with E-state index in [1.165, 1.54) is 29.2 Å². The number of halogens is 1. The maximum absolute atomic E-state index is 13.7. The molecular formula is C26H25ClN2O6S. The average Bonchev–Trinajstić information content (AvgIpc) is 3.19. The summed E-state index contributed by atoms with van der Waals surface area (Å²) in [6.07, 6.45) is 3.15. The van der Waals surface area contributed by atoms with E-state index >= 15 is 0 Å². The first kappa shape index (κ1) is 25.5. The van der Waals surface area contributed by atoms with Crippen molar-refractivity contribution in [3.05, 3.63) is 84.0 Å². The summed E-state index contributed by atoms with van der Waals surface area (Å²) < 4.78 is 23.8. The Labute approximate surface area is 216 Å². The number of rotatable bonds is 8. The highest BCUT2D eigenvalue weighted by molar-refractivity contribution is 7.07. The summed E-state index contributed by atoms with van der Waals surface area (Å²) in [5, 5.41) is 0.513. The van der Waals surface area contributed by atoms with Gasteiger partial charge >= 0.3 is 5.97 Å². The molecule has 0 spiro atoms. The van der Waals surface area contributed by atoms with Crippen molar-refractivity contribution < 1.29 is 23.7 Å². The van der Waals surface area contributed by atoms with Gasteiger partial charge < -0.3 is 18.9 Å². The lowest BCUT2D eigenvalue weighted by Gasteiger charge is -2.23. The zero-order chi connectivity index (χ0) is 25.8. The van der Waals surface area contributed by atoms with Crippen LogP contribution >= 0.6 is 22.9 Å². The molecule has 10 heteroatoms. The van der Waals surface area contributed by atoms with Gasteiger partial charge in [-0.15, -0.1) is 0 Å². The van der Waals surface area contributed by atoms with E-state index in [1.807, 2.05) is 13.8 Å². The van der Waals surface area contributed by atoms with Gasteiger partial charge in [-0.2, -0.15) is 0 Å². The van der Waals surface area contributed by atoms with Gasteiger partial charge in [0.25, 0.3) is 5.56 Å². The molecule has 0 amide bonds. The van der Waals surface area contributed by atoms with Gasteiger partial charge in [0.15, 0.2) is 16.3 Å². The lowest BCUT2D eigenvalue weighted by Crippen LogP contribution is -2.39. The highest BCUT2D eigenvalue weighted by Gasteiger charge is 2.31. The molecule has 1 aliphatic rings. The lowest BCUT2D eigenvalue weighted by atomic mass is 9.97. The summed E-state index contributed by atoms with van der Waals surface area (Å²) >= 11 is 7.38. The molecule has 0 N–H and O–H groups in total. The first-order chi connectivity index (χ1) is 17.4. The fourth-order valence-electron chi connectivity index (χ4n) is 3.95. The van der Waals surface area contributed by atoms with Gasteiger partial charge in [-0.3, -0.25) is 9.36 Å². The molecule has 2 heterocycles. The minimum Gasteiger partial charge on any atom is -0.496 e. The maximum Gasteiger partial charge on any atom is 0.337 e. The summed E-state index contributed by atoms with van der Waals surface area (Å²) in [5.74, 6) is 1.09. The normalized spacial score (nSPS) is 15.0. The van der Waals surface area contributed by atoms with Crippen LogP contribution in [0.5, 0.6) is 17.2 Å². The first-order valence-corrected chi connectivity index (χ1v) is 12.4. The van der Waals surface area contributed by atoms with Gasteiger partial charge in [-0.25, -0.2) is 9.79 Å². The van der Waals surface area contributed by atoms with E-state index in [9.17, 15) is 9.59 Å². The number of hydrogen-bond donors (Lipinski definition) is 0. The molecule has 3 aromatic rings. The smallest absolute Gasteiger partial charge is 0.337 e. The van der Waals surface area contributed by atoms with Crippen molar-refractivity contribution in [1.29, 1.82) is 0 Å². The molecule has 0 fully saturated rings. The fourth-order valence-corrected chi connectivity index (χ4v) is 5.09. The zero-order valence-electron chi connectivity index (χ0n) is 20.2. The third-order valence-corrected chi connectivity index (χ3v) is 6.72. The Kier molecular flexibility index (Phi) is 7.81. The van der Waals surface area contributed by atoms with Gasteiger partial charge in [0, 0.05) is 16.8 Å². The number of esters is 1. The molecule has 1 aromatic heterocycles. The summed E-state index contributed by atoms with van der Waals surface area (Å²) in [7, 11) is 2.84. The van der Waals surface area contributed by atoms with Crippen LogP contribution in [-0.2, 0) is 9.53 Å². The predicted octanol–water partition coefficient (Wildman–Crippen LogP) is 3.48. The van der Waals surface area contributed by atoms with Crippen LogP contribution in [0.4, 0.5) is 0 Å². The number of fused-ring (bicyclic) bond motifs is 1. The lowest BCUT2D eigenvalue weighted by molar-refractivity contribution is -0.136. The van der Waals surface area contributed by atoms with E-state index in [0.717, 1.165) is 0 Å². The van der Waals surface area contributed by atoms with E-state index < -0.39 is 12.0 Å². The number of carbonyl (C=O) groups excluding carboxylic acids is 1. The van der Waals surface area contributed by atoms with Gasteiger partial charge in [0.1, 0.15) is 5.75 Å². The van der Waals surface area contributed by atoms with Gasteiger partial charge in [-0.05, 0) is 55.8 Å². The molecular weight excluding hydrogens is 504 g/mol. The molecule has 1 aliphatic heterocycles. The second-order valence-corrected chi connectivity index (χ2v) is 9.08. The molecule has 0 saturated heterocycles. The first-order valence-electron chi connectivity index (χ1n) is 11.2. The second-order valence-electron chi connectivity index (χ2n) is 7.63. The van der Waals surface area contributed by atoms with Crippen molar-refractivity contribution in [1.82, 2.24) is 4.57 Å². The summed E-state index contributed by atoms with van der Waals surface area (Å²) in [6.45, 7) is 4.65. The molecule has 0 unspecified atom stereocenters. The number of aromatic nitrogens is 1. The summed E-state index contributed by atoms with van der Waals surface area (Å²) in [6, 6.07) is 9.74. The van der Waals surface area contributed by atoms with Crippen LogP contribution < -0.4 is 29.1 Å². The number of ether oxygens (including phenoxy) is 4. The topological polar surface area (TPSA) is 88.4 Å². The zero-order valence-corrected chi connectivity index (χ0v) is 21.8. The summed E-state index contributed by atoms with van der Waals surface area (Å²) in [4.78, 5) is 31.2. The van der Waals surface area contributed by atoms with Crippen LogP contribution in [0.2, 0.25) is 5.02 Å². The average molecular weight is 529 g/mol. The highest BCUT2D eigenvalue weighted by atomic mass is 35.5. The third kappa shape index (κ3) is 4.89. The van der Waals surface area contributed by atoms with Crippen LogP contribution in [0, 0.1) is 0 Å². The molecule has 0 aliphatic carbocycles. The molecule has 36 heavy (non-hydrogen) atoms. The monoisotopic (exact) mass is 528 g/mol. The predicted molar refractivity (Wildman–Crippen MR) is 138 cm³/mol. The number of carbonyl (C=O) groups is 1. The Morgan fingerprint density at radius 2 is 1.81 bits per heavy atom. The quantitative estimate of drug-likeness (QED) is 0.416. The highest BCUT2D eigenvalue weighted by Crippen LogP contribution is 2.35. The number of methoxy groups -OCH3 is 2. The van der Waals surface area contributed by atoms with E-state index in [-0.39, 0.29) is 11.1 Å². The molecule has 1 atom stereocenters. The minimum absolute atomic E-state index is 0.225. The molecule has 8 nitrogen and oxygen atoms in total. The number of thiazole rings is 1. The summed E-state index contributed by atoms with van der Waals surface area (Å²) in [5.41, 5.74) is 1.22. The number of nitrogens with zero attached hydrogens (tertiary/aromatic N) is 2. The van der Waals surface area contributed by atoms with Crippen molar-refractivity contribution in [2.45, 2.75) is 19.9 Å². The SMILES string of the molecule is CCOc1ccc([C@@H]2C(C(=O)OC)=CN=c3s/c(=C/c4cc(Cl)ccc4OC)c(=O)n32)cc1OCC. The van der Waals surface area contributed by atoms with Crippen molar-refractivity contribution in [2.75, 3.05) is 27.4 Å². The maximum atomic E-state index is 13.7. The van der Waals surface area contributed by atoms with Crippen molar-refractivity contribution >= 4 is 35.0 Å². The van der Waals surface area contributed by atoms with Crippen LogP contribution in [0.25, 0.3) is 6.08 Å². The molecule has 0 radical (unpaired) electrons. The van der Waals surface area contributed by atoms with E-state index in [2.05, 4.69) is 4.99 Å². The van der Waals surface area contributed by atoms with E-state index in [1.54, 1.807) is 49.6 Å². The Morgan fingerprint density at radius 1 is 1.08 bits per heavy atom. The molecule has 4 rings (SSSR count). The van der Waals surface area contributed by atoms with Crippen molar-refractivity contribution in [3.63, 3.8) is 0 Å². The molecule has 0 bridgehead atoms. The largest absolute Gasteiger partial charge is 0.496 e. The van der Waals surface area contributed by atoms with Crippen molar-refractivity contribution in [2.24, 2.45) is 4.99 Å². The van der Waals surface area contributed by atoms with E-state index in [0.29, 0.717) is 55.9 Å². The Bertz CT molecular complexity index is 1510. The van der Waals surface area contributed by atoms with Crippen molar-refractivity contribution in [3.8, 4) is 17.2 Å². The van der Waals surface area contributed by atoms with Crippen LogP contribution in [0.15, 0.2) is 58.0 Å². The molecule has 0 saturated carbocycles. The third-order valence-electron chi connectivity index (χ3n) is 5.49. The molecule has 188 valence electrons. The van der Waals surface area contributed by atoms with Gasteiger partial charge in [0.2, 0.25) is 0 Å². The van der Waals surface area contributed by atoms with Crippen LogP contribution in [0.3, 0.4) is 0 Å². The Balaban J connectivity index is 1.93. The standard InChI is InChI=1S/C26H25ClN2O6S/c1-5-34-20-9-7-15(12-21(20)35-6-2)23-18(25(31)33-4)14-28-26-29(23)24(30)22(36-26)13-16-11-17(27)8-10-19(16)32-3/h7-14,23H,5-6H2,1-4H3/b22-13+/t23-/m1/s1. The number of hydrogen-bond acceptors (Lipinski definition) is 8.